The Labute approximate surface area is 195 Å². The van der Waals surface area contributed by atoms with Crippen LogP contribution in [-0.2, 0) is 23.8 Å². The summed E-state index contributed by atoms with van der Waals surface area (Å²) in [4.78, 5) is 24.3. The molecule has 1 saturated heterocycles. The molecule has 0 aromatic heterocycles. The first-order valence-electron chi connectivity index (χ1n) is 12.4. The highest BCUT2D eigenvalue weighted by Gasteiger charge is 2.46. The smallest absolute Gasteiger partial charge is 0.161 e. The van der Waals surface area contributed by atoms with E-state index < -0.39 is 24.1 Å². The maximum atomic E-state index is 12.6. The number of rotatable bonds is 14. The summed E-state index contributed by atoms with van der Waals surface area (Å²) < 4.78 is 17.8. The molecule has 0 aliphatic carbocycles. The van der Waals surface area contributed by atoms with Gasteiger partial charge in [-0.05, 0) is 44.9 Å². The van der Waals surface area contributed by atoms with Crippen LogP contribution in [0.5, 0.6) is 0 Å². The lowest BCUT2D eigenvalue weighted by molar-refractivity contribution is -0.294. The molecule has 0 spiro atoms. The lowest BCUT2D eigenvalue weighted by Crippen LogP contribution is -2.57. The van der Waals surface area contributed by atoms with Crippen molar-refractivity contribution in [3.05, 3.63) is 0 Å². The molecule has 6 heteroatoms. The quantitative estimate of drug-likeness (QED) is 0.378. The SMILES string of the molecule is CCC[C@@H](C)C(=O)[C@H](C)CC(C)CC(C)C(OC1C[C@@](C)(OC)C(O)[C@H](C)O1)C(C)C=O. The Kier molecular flexibility index (Phi) is 12.0. The lowest BCUT2D eigenvalue weighted by Gasteiger charge is -2.45. The van der Waals surface area contributed by atoms with E-state index in [2.05, 4.69) is 20.8 Å². The average molecular weight is 457 g/mol. The third-order valence-electron chi connectivity index (χ3n) is 7.30. The minimum atomic E-state index is -0.765. The Balaban J connectivity index is 2.79. The summed E-state index contributed by atoms with van der Waals surface area (Å²) in [7, 11) is 1.58. The monoisotopic (exact) mass is 456 g/mol. The normalized spacial score (nSPS) is 31.9. The van der Waals surface area contributed by atoms with Crippen LogP contribution in [0, 0.1) is 29.6 Å². The zero-order chi connectivity index (χ0) is 24.6. The van der Waals surface area contributed by atoms with Gasteiger partial charge in [0.25, 0.3) is 0 Å². The Morgan fingerprint density at radius 1 is 1.19 bits per heavy atom. The molecular weight excluding hydrogens is 408 g/mol. The van der Waals surface area contributed by atoms with Gasteiger partial charge in [-0.25, -0.2) is 0 Å². The molecule has 32 heavy (non-hydrogen) atoms. The molecule has 1 aliphatic rings. The van der Waals surface area contributed by atoms with Gasteiger partial charge in [-0.15, -0.1) is 0 Å². The second-order valence-corrected chi connectivity index (χ2v) is 10.6. The van der Waals surface area contributed by atoms with Crippen LogP contribution in [0.3, 0.4) is 0 Å². The van der Waals surface area contributed by atoms with Crippen LogP contribution in [0.25, 0.3) is 0 Å². The maximum absolute atomic E-state index is 12.6. The molecule has 0 radical (unpaired) electrons. The van der Waals surface area contributed by atoms with Crippen molar-refractivity contribution >= 4 is 12.1 Å². The number of carbonyl (C=O) groups excluding carboxylic acids is 2. The fourth-order valence-corrected chi connectivity index (χ4v) is 5.27. The van der Waals surface area contributed by atoms with E-state index in [0.29, 0.717) is 18.1 Å². The van der Waals surface area contributed by atoms with E-state index >= 15 is 0 Å². The van der Waals surface area contributed by atoms with Crippen molar-refractivity contribution in [1.82, 2.24) is 0 Å². The number of aldehydes is 1. The lowest BCUT2D eigenvalue weighted by atomic mass is 9.81. The third-order valence-corrected chi connectivity index (χ3v) is 7.30. The van der Waals surface area contributed by atoms with Gasteiger partial charge in [0.1, 0.15) is 18.2 Å². The molecule has 10 atom stereocenters. The van der Waals surface area contributed by atoms with Crippen molar-refractivity contribution in [3.8, 4) is 0 Å². The van der Waals surface area contributed by atoms with E-state index in [9.17, 15) is 14.7 Å². The molecule has 1 aliphatic heterocycles. The van der Waals surface area contributed by atoms with Gasteiger partial charge in [0.2, 0.25) is 0 Å². The van der Waals surface area contributed by atoms with Gasteiger partial charge in [-0.3, -0.25) is 4.79 Å². The van der Waals surface area contributed by atoms with Crippen molar-refractivity contribution in [1.29, 1.82) is 0 Å². The predicted molar refractivity (Wildman–Crippen MR) is 126 cm³/mol. The van der Waals surface area contributed by atoms with Crippen molar-refractivity contribution in [2.24, 2.45) is 29.6 Å². The molecule has 0 aromatic carbocycles. The van der Waals surface area contributed by atoms with Gasteiger partial charge in [0.15, 0.2) is 6.29 Å². The zero-order valence-corrected chi connectivity index (χ0v) is 21.8. The summed E-state index contributed by atoms with van der Waals surface area (Å²) in [6.45, 7) is 16.0. The van der Waals surface area contributed by atoms with Crippen molar-refractivity contribution < 1.29 is 28.9 Å². The first kappa shape index (κ1) is 29.2. The second kappa shape index (κ2) is 13.2. The number of Topliss-reactive ketones (excluding diaryl/α,β-unsaturated/α-hetero) is 1. The zero-order valence-electron chi connectivity index (χ0n) is 21.8. The fourth-order valence-electron chi connectivity index (χ4n) is 5.27. The highest BCUT2D eigenvalue weighted by Crippen LogP contribution is 2.35. The maximum Gasteiger partial charge on any atom is 0.161 e. The van der Waals surface area contributed by atoms with Crippen LogP contribution in [-0.4, -0.2) is 54.5 Å². The Morgan fingerprint density at radius 3 is 2.34 bits per heavy atom. The Bertz CT molecular complexity index is 581. The van der Waals surface area contributed by atoms with E-state index in [1.807, 2.05) is 27.7 Å². The number of aliphatic hydroxyl groups is 1. The molecule has 0 aromatic rings. The van der Waals surface area contributed by atoms with Gasteiger partial charge in [-0.2, -0.15) is 0 Å². The van der Waals surface area contributed by atoms with Crippen LogP contribution in [0.1, 0.15) is 87.5 Å². The van der Waals surface area contributed by atoms with Crippen LogP contribution in [0.4, 0.5) is 0 Å². The molecule has 1 heterocycles. The second-order valence-electron chi connectivity index (χ2n) is 10.6. The largest absolute Gasteiger partial charge is 0.387 e. The summed E-state index contributed by atoms with van der Waals surface area (Å²) in [5.41, 5.74) is -0.765. The summed E-state index contributed by atoms with van der Waals surface area (Å²) in [5, 5.41) is 10.4. The van der Waals surface area contributed by atoms with Crippen molar-refractivity contribution in [3.63, 3.8) is 0 Å². The third kappa shape index (κ3) is 7.89. The number of methoxy groups -OCH3 is 1. The summed E-state index contributed by atoms with van der Waals surface area (Å²) in [6.07, 6.45) is 2.93. The molecule has 0 amide bonds. The predicted octanol–water partition coefficient (Wildman–Crippen LogP) is 4.80. The molecule has 6 unspecified atom stereocenters. The summed E-state index contributed by atoms with van der Waals surface area (Å²) in [5.74, 6) is 0.651. The Hall–Kier alpha value is -0.820. The standard InChI is InChI=1S/C26H48O6/c1-10-11-17(3)23(28)18(4)12-16(2)13-19(5)24(20(6)15-27)32-22-14-26(8,30-9)25(29)21(7)31-22/h15-22,24-25,29H,10-14H2,1-9H3/t16?,17-,18-,19?,20?,21+,22?,24?,25?,26-/m1/s1. The van der Waals surface area contributed by atoms with Crippen LogP contribution >= 0.6 is 0 Å². The number of ketones is 1. The van der Waals surface area contributed by atoms with Gasteiger partial charge in [0.05, 0.1) is 17.8 Å². The van der Waals surface area contributed by atoms with Gasteiger partial charge in [0, 0.05) is 31.3 Å². The topological polar surface area (TPSA) is 82.1 Å². The van der Waals surface area contributed by atoms with E-state index in [1.165, 1.54) is 0 Å². The molecule has 0 bridgehead atoms. The van der Waals surface area contributed by atoms with Crippen LogP contribution in [0.2, 0.25) is 0 Å². The van der Waals surface area contributed by atoms with E-state index in [1.54, 1.807) is 14.0 Å². The highest BCUT2D eigenvalue weighted by atomic mass is 16.7. The van der Waals surface area contributed by atoms with Crippen LogP contribution < -0.4 is 0 Å². The summed E-state index contributed by atoms with van der Waals surface area (Å²) >= 11 is 0. The molecule has 6 nitrogen and oxygen atoms in total. The molecule has 0 saturated carbocycles. The minimum absolute atomic E-state index is 0.0352. The number of carbonyl (C=O) groups is 2. The van der Waals surface area contributed by atoms with Gasteiger partial charge >= 0.3 is 0 Å². The van der Waals surface area contributed by atoms with E-state index in [-0.39, 0.29) is 29.8 Å². The number of hydrogen-bond donors (Lipinski definition) is 1. The van der Waals surface area contributed by atoms with Crippen molar-refractivity contribution in [2.75, 3.05) is 7.11 Å². The number of aliphatic hydroxyl groups excluding tert-OH is 1. The molecular formula is C26H48O6. The molecule has 1 fully saturated rings. The number of ether oxygens (including phenoxy) is 3. The van der Waals surface area contributed by atoms with E-state index in [4.69, 9.17) is 14.2 Å². The first-order valence-corrected chi connectivity index (χ1v) is 12.4. The Morgan fingerprint density at radius 2 is 1.81 bits per heavy atom. The average Bonchev–Trinajstić information content (AvgIpc) is 2.74. The minimum Gasteiger partial charge on any atom is -0.387 e. The van der Waals surface area contributed by atoms with E-state index in [0.717, 1.165) is 32.0 Å². The van der Waals surface area contributed by atoms with Gasteiger partial charge < -0.3 is 24.1 Å². The van der Waals surface area contributed by atoms with Gasteiger partial charge in [-0.1, -0.05) is 48.0 Å². The first-order chi connectivity index (χ1) is 14.9. The summed E-state index contributed by atoms with van der Waals surface area (Å²) in [6, 6.07) is 0. The fraction of sp³-hybridized carbons (Fsp3) is 0.923. The molecule has 1 N–H and O–H groups in total. The van der Waals surface area contributed by atoms with Crippen LogP contribution in [0.15, 0.2) is 0 Å². The molecule has 1 rings (SSSR count). The highest BCUT2D eigenvalue weighted by molar-refractivity contribution is 5.82. The van der Waals surface area contributed by atoms with Crippen molar-refractivity contribution in [2.45, 2.75) is 118 Å². The number of hydrogen-bond acceptors (Lipinski definition) is 6. The molecule has 188 valence electrons.